The number of hydrogen-bond acceptors (Lipinski definition) is 4. The van der Waals surface area contributed by atoms with Crippen molar-refractivity contribution in [3.63, 3.8) is 0 Å². The second kappa shape index (κ2) is 6.67. The van der Waals surface area contributed by atoms with Gasteiger partial charge in [-0.15, -0.1) is 0 Å². The van der Waals surface area contributed by atoms with Gasteiger partial charge in [0.15, 0.2) is 0 Å². The first-order valence-electron chi connectivity index (χ1n) is 5.33. The smallest absolute Gasteiger partial charge is 0.129 e. The first kappa shape index (κ1) is 12.3. The molecule has 0 amide bonds. The van der Waals surface area contributed by atoms with Crippen molar-refractivity contribution in [1.29, 1.82) is 0 Å². The molecule has 0 bridgehead atoms. The van der Waals surface area contributed by atoms with Crippen molar-refractivity contribution in [3.05, 3.63) is 18.1 Å². The molecule has 0 aromatic carbocycles. The number of aryl methyl sites for hydroxylation is 1. The molecule has 15 heavy (non-hydrogen) atoms. The van der Waals surface area contributed by atoms with Gasteiger partial charge in [-0.05, 0) is 12.7 Å². The Morgan fingerprint density at radius 2 is 2.27 bits per heavy atom. The van der Waals surface area contributed by atoms with Crippen LogP contribution in [0.4, 0.5) is 5.82 Å². The molecule has 0 aliphatic heterocycles. The Hall–Kier alpha value is -0.770. The van der Waals surface area contributed by atoms with Crippen LogP contribution in [0.3, 0.4) is 0 Å². The fraction of sp³-hybridized carbons (Fsp3) is 0.636. The van der Waals surface area contributed by atoms with Crippen LogP contribution in [0.1, 0.15) is 26.0 Å². The number of rotatable bonds is 6. The predicted molar refractivity (Wildman–Crippen MR) is 67.5 cm³/mol. The summed E-state index contributed by atoms with van der Waals surface area (Å²) in [7, 11) is 0. The summed E-state index contributed by atoms with van der Waals surface area (Å²) in [5, 5.41) is 3.93. The molecule has 1 atom stereocenters. The zero-order valence-corrected chi connectivity index (χ0v) is 10.5. The van der Waals surface area contributed by atoms with Gasteiger partial charge in [-0.25, -0.2) is 9.97 Å². The maximum Gasteiger partial charge on any atom is 0.129 e. The van der Waals surface area contributed by atoms with Crippen LogP contribution in [0, 0.1) is 0 Å². The van der Waals surface area contributed by atoms with Crippen LogP contribution < -0.4 is 5.32 Å². The average Bonchev–Trinajstić information content (AvgIpc) is 2.27. The van der Waals surface area contributed by atoms with E-state index in [2.05, 4.69) is 35.4 Å². The lowest BCUT2D eigenvalue weighted by atomic mass is 10.2. The molecule has 0 aliphatic carbocycles. The molecule has 0 spiro atoms. The van der Waals surface area contributed by atoms with E-state index in [0.29, 0.717) is 5.25 Å². The first-order chi connectivity index (χ1) is 7.26. The van der Waals surface area contributed by atoms with Crippen molar-refractivity contribution >= 4 is 17.6 Å². The van der Waals surface area contributed by atoms with Gasteiger partial charge in [0, 0.05) is 23.6 Å². The summed E-state index contributed by atoms with van der Waals surface area (Å²) in [4.78, 5) is 8.42. The van der Waals surface area contributed by atoms with E-state index in [1.807, 2.05) is 17.8 Å². The monoisotopic (exact) mass is 225 g/mol. The minimum absolute atomic E-state index is 0.606. The third-order valence-corrected chi connectivity index (χ3v) is 3.17. The predicted octanol–water partition coefficient (Wildman–Crippen LogP) is 2.59. The third-order valence-electron chi connectivity index (χ3n) is 2.20. The fourth-order valence-corrected chi connectivity index (χ4v) is 1.47. The molecule has 1 aromatic heterocycles. The van der Waals surface area contributed by atoms with Crippen molar-refractivity contribution in [3.8, 4) is 0 Å². The molecule has 1 heterocycles. The third kappa shape index (κ3) is 4.51. The largest absolute Gasteiger partial charge is 0.369 e. The normalized spacial score (nSPS) is 12.5. The van der Waals surface area contributed by atoms with Gasteiger partial charge in [0.1, 0.15) is 12.1 Å². The molecule has 3 nitrogen and oxygen atoms in total. The summed E-state index contributed by atoms with van der Waals surface area (Å²) >= 11 is 1.85. The topological polar surface area (TPSA) is 37.8 Å². The minimum Gasteiger partial charge on any atom is -0.369 e. The van der Waals surface area contributed by atoms with Gasteiger partial charge in [-0.3, -0.25) is 0 Å². The molecule has 1 rings (SSSR count). The fourth-order valence-electron chi connectivity index (χ4n) is 1.22. The number of anilines is 1. The molecular formula is C11H19N3S. The zero-order chi connectivity index (χ0) is 11.1. The molecule has 1 unspecified atom stereocenters. The van der Waals surface area contributed by atoms with E-state index >= 15 is 0 Å². The molecule has 0 saturated heterocycles. The first-order valence-corrected chi connectivity index (χ1v) is 6.62. The van der Waals surface area contributed by atoms with Crippen LogP contribution in [0.2, 0.25) is 0 Å². The summed E-state index contributed by atoms with van der Waals surface area (Å²) < 4.78 is 0. The number of nitrogens with one attached hydrogen (secondary N) is 1. The molecule has 0 fully saturated rings. The number of hydrogen-bond donors (Lipinski definition) is 1. The minimum atomic E-state index is 0.606. The molecular weight excluding hydrogens is 206 g/mol. The quantitative estimate of drug-likeness (QED) is 0.807. The lowest BCUT2D eigenvalue weighted by molar-refractivity contribution is 0.870. The maximum atomic E-state index is 4.22. The Morgan fingerprint density at radius 1 is 1.47 bits per heavy atom. The Labute approximate surface area is 96.1 Å². The van der Waals surface area contributed by atoms with Gasteiger partial charge in [-0.1, -0.05) is 20.3 Å². The highest BCUT2D eigenvalue weighted by atomic mass is 32.2. The Bertz CT molecular complexity index is 291. The van der Waals surface area contributed by atoms with E-state index < -0.39 is 0 Å². The van der Waals surface area contributed by atoms with Gasteiger partial charge in [0.25, 0.3) is 0 Å². The second-order valence-electron chi connectivity index (χ2n) is 3.57. The summed E-state index contributed by atoms with van der Waals surface area (Å²) in [6.07, 6.45) is 5.90. The van der Waals surface area contributed by atoms with Gasteiger partial charge >= 0.3 is 0 Å². The molecule has 1 aromatic rings. The van der Waals surface area contributed by atoms with E-state index in [-0.39, 0.29) is 0 Å². The van der Waals surface area contributed by atoms with E-state index in [4.69, 9.17) is 0 Å². The zero-order valence-electron chi connectivity index (χ0n) is 9.66. The lowest BCUT2D eigenvalue weighted by Gasteiger charge is -2.10. The van der Waals surface area contributed by atoms with E-state index in [1.54, 1.807) is 6.33 Å². The second-order valence-corrected chi connectivity index (χ2v) is 4.85. The van der Waals surface area contributed by atoms with Crippen LogP contribution >= 0.6 is 11.8 Å². The van der Waals surface area contributed by atoms with Crippen molar-refractivity contribution in [2.45, 2.75) is 31.9 Å². The van der Waals surface area contributed by atoms with Crippen LogP contribution in [0.25, 0.3) is 0 Å². The van der Waals surface area contributed by atoms with Gasteiger partial charge in [0.2, 0.25) is 0 Å². The van der Waals surface area contributed by atoms with Gasteiger partial charge in [0.05, 0.1) is 0 Å². The highest BCUT2D eigenvalue weighted by Gasteiger charge is 2.01. The number of aromatic nitrogens is 2. The summed E-state index contributed by atoms with van der Waals surface area (Å²) in [5.41, 5.74) is 1.12. The lowest BCUT2D eigenvalue weighted by Crippen LogP contribution is -2.13. The van der Waals surface area contributed by atoms with E-state index in [1.165, 1.54) is 0 Å². The van der Waals surface area contributed by atoms with Crippen molar-refractivity contribution in [1.82, 2.24) is 9.97 Å². The number of nitrogens with zero attached hydrogens (tertiary/aromatic N) is 2. The Balaban J connectivity index is 2.50. The van der Waals surface area contributed by atoms with E-state index in [0.717, 1.165) is 30.9 Å². The van der Waals surface area contributed by atoms with Crippen molar-refractivity contribution in [2.75, 3.05) is 18.1 Å². The molecule has 0 saturated carbocycles. The standard InChI is InChI=1S/C11H19N3S/c1-4-5-10-6-11(14-8-13-10)12-7-9(2)15-3/h6,8-9H,4-5,7H2,1-3H3,(H,12,13,14). The highest BCUT2D eigenvalue weighted by Crippen LogP contribution is 2.09. The van der Waals surface area contributed by atoms with Crippen molar-refractivity contribution in [2.24, 2.45) is 0 Å². The number of thioether (sulfide) groups is 1. The molecule has 4 heteroatoms. The SMILES string of the molecule is CCCc1cc(NCC(C)SC)ncn1. The summed E-state index contributed by atoms with van der Waals surface area (Å²) in [5.74, 6) is 0.939. The average molecular weight is 225 g/mol. The molecule has 0 aliphatic rings. The summed E-state index contributed by atoms with van der Waals surface area (Å²) in [6, 6.07) is 2.04. The van der Waals surface area contributed by atoms with Gasteiger partial charge < -0.3 is 5.32 Å². The van der Waals surface area contributed by atoms with Crippen LogP contribution in [0.5, 0.6) is 0 Å². The molecule has 0 radical (unpaired) electrons. The van der Waals surface area contributed by atoms with Crippen LogP contribution in [-0.4, -0.2) is 28.0 Å². The summed E-state index contributed by atoms with van der Waals surface area (Å²) in [6.45, 7) is 5.31. The molecule has 84 valence electrons. The van der Waals surface area contributed by atoms with Gasteiger partial charge in [-0.2, -0.15) is 11.8 Å². The maximum absolute atomic E-state index is 4.22. The Kier molecular flexibility index (Phi) is 5.47. The highest BCUT2D eigenvalue weighted by molar-refractivity contribution is 7.99. The van der Waals surface area contributed by atoms with Crippen LogP contribution in [-0.2, 0) is 6.42 Å². The van der Waals surface area contributed by atoms with Crippen molar-refractivity contribution < 1.29 is 0 Å². The molecule has 1 N–H and O–H groups in total. The van der Waals surface area contributed by atoms with Crippen LogP contribution in [0.15, 0.2) is 12.4 Å². The Morgan fingerprint density at radius 3 is 2.93 bits per heavy atom. The van der Waals surface area contributed by atoms with E-state index in [9.17, 15) is 0 Å².